The molecular formula is C14H15N5. The van der Waals surface area contributed by atoms with Crippen LogP contribution >= 0.6 is 0 Å². The van der Waals surface area contributed by atoms with Crippen molar-refractivity contribution in [3.05, 3.63) is 48.5 Å². The van der Waals surface area contributed by atoms with E-state index in [-0.39, 0.29) is 0 Å². The average Bonchev–Trinajstić information content (AvgIpc) is 2.88. The standard InChI is InChI=1S/C14H15N5/c15-8-4-7-13-17-18-14-9-12(16-10-19(13)14)11-5-2-1-3-6-11/h1-3,5-6,9-10H,4,7-8,15H2. The molecule has 0 bridgehead atoms. The van der Waals surface area contributed by atoms with Gasteiger partial charge < -0.3 is 5.73 Å². The molecule has 0 aliphatic rings. The molecule has 0 fully saturated rings. The zero-order chi connectivity index (χ0) is 13.1. The zero-order valence-corrected chi connectivity index (χ0v) is 10.5. The maximum absolute atomic E-state index is 5.52. The molecular weight excluding hydrogens is 238 g/mol. The third kappa shape index (κ3) is 2.32. The number of nitrogens with two attached hydrogens (primary N) is 1. The molecule has 0 spiro atoms. The van der Waals surface area contributed by atoms with E-state index in [1.807, 2.05) is 40.8 Å². The van der Waals surface area contributed by atoms with E-state index in [1.165, 1.54) is 0 Å². The largest absolute Gasteiger partial charge is 0.330 e. The van der Waals surface area contributed by atoms with Gasteiger partial charge in [-0.1, -0.05) is 30.3 Å². The predicted molar refractivity (Wildman–Crippen MR) is 73.6 cm³/mol. The van der Waals surface area contributed by atoms with Crippen molar-refractivity contribution in [1.82, 2.24) is 19.6 Å². The summed E-state index contributed by atoms with van der Waals surface area (Å²) in [6, 6.07) is 12.0. The quantitative estimate of drug-likeness (QED) is 0.768. The minimum absolute atomic E-state index is 0.657. The Balaban J connectivity index is 1.99. The Hall–Kier alpha value is -2.27. The third-order valence-electron chi connectivity index (χ3n) is 3.04. The summed E-state index contributed by atoms with van der Waals surface area (Å²) >= 11 is 0. The lowest BCUT2D eigenvalue weighted by Crippen LogP contribution is -2.03. The van der Waals surface area contributed by atoms with Crippen LogP contribution in [0.2, 0.25) is 0 Å². The molecule has 3 aromatic rings. The molecule has 1 aromatic carbocycles. The van der Waals surface area contributed by atoms with E-state index in [2.05, 4.69) is 15.2 Å². The van der Waals surface area contributed by atoms with Gasteiger partial charge in [0.2, 0.25) is 0 Å². The Morgan fingerprint density at radius 1 is 1.11 bits per heavy atom. The first kappa shape index (κ1) is 11.8. The van der Waals surface area contributed by atoms with Gasteiger partial charge >= 0.3 is 0 Å². The van der Waals surface area contributed by atoms with Gasteiger partial charge in [0, 0.05) is 18.1 Å². The van der Waals surface area contributed by atoms with Gasteiger partial charge in [-0.15, -0.1) is 10.2 Å². The number of rotatable bonds is 4. The van der Waals surface area contributed by atoms with Gasteiger partial charge in [-0.05, 0) is 13.0 Å². The van der Waals surface area contributed by atoms with Crippen LogP contribution in [0.3, 0.4) is 0 Å². The number of aryl methyl sites for hydroxylation is 1. The molecule has 0 unspecified atom stereocenters. The van der Waals surface area contributed by atoms with E-state index in [1.54, 1.807) is 6.33 Å². The van der Waals surface area contributed by atoms with Crippen LogP contribution in [0.5, 0.6) is 0 Å². The van der Waals surface area contributed by atoms with Crippen LogP contribution in [0.25, 0.3) is 16.9 Å². The normalized spacial score (nSPS) is 11.0. The van der Waals surface area contributed by atoms with Gasteiger partial charge in [-0.2, -0.15) is 0 Å². The highest BCUT2D eigenvalue weighted by atomic mass is 15.3. The molecule has 5 heteroatoms. The number of hydrogen-bond donors (Lipinski definition) is 1. The van der Waals surface area contributed by atoms with E-state index < -0.39 is 0 Å². The second kappa shape index (κ2) is 5.16. The molecule has 2 heterocycles. The van der Waals surface area contributed by atoms with Crippen LogP contribution in [0.1, 0.15) is 12.2 Å². The molecule has 5 nitrogen and oxygen atoms in total. The summed E-state index contributed by atoms with van der Waals surface area (Å²) in [5.74, 6) is 0.910. The summed E-state index contributed by atoms with van der Waals surface area (Å²) in [7, 11) is 0. The van der Waals surface area contributed by atoms with Crippen molar-refractivity contribution < 1.29 is 0 Å². The lowest BCUT2D eigenvalue weighted by atomic mass is 10.1. The van der Waals surface area contributed by atoms with Crippen LogP contribution in [0, 0.1) is 0 Å². The first-order valence-corrected chi connectivity index (χ1v) is 6.33. The number of benzene rings is 1. The van der Waals surface area contributed by atoms with Crippen molar-refractivity contribution in [3.8, 4) is 11.3 Å². The molecule has 0 radical (unpaired) electrons. The topological polar surface area (TPSA) is 69.1 Å². The first-order valence-electron chi connectivity index (χ1n) is 6.33. The fourth-order valence-corrected chi connectivity index (χ4v) is 2.04. The van der Waals surface area contributed by atoms with Crippen molar-refractivity contribution >= 4 is 5.65 Å². The Morgan fingerprint density at radius 3 is 2.74 bits per heavy atom. The van der Waals surface area contributed by atoms with Crippen LogP contribution in [-0.2, 0) is 6.42 Å². The van der Waals surface area contributed by atoms with Gasteiger partial charge in [0.15, 0.2) is 5.65 Å². The minimum atomic E-state index is 0.657. The molecule has 0 amide bonds. The van der Waals surface area contributed by atoms with Gasteiger partial charge in [0.25, 0.3) is 0 Å². The molecule has 96 valence electrons. The predicted octanol–water partition coefficient (Wildman–Crippen LogP) is 1.68. The number of aromatic nitrogens is 4. The van der Waals surface area contributed by atoms with Crippen LogP contribution in [-0.4, -0.2) is 26.1 Å². The summed E-state index contributed by atoms with van der Waals surface area (Å²) in [6.45, 7) is 0.657. The van der Waals surface area contributed by atoms with E-state index in [0.717, 1.165) is 35.6 Å². The number of nitrogens with zero attached hydrogens (tertiary/aromatic N) is 4. The fraction of sp³-hybridized carbons (Fsp3) is 0.214. The molecule has 2 N–H and O–H groups in total. The SMILES string of the molecule is NCCCc1nnc2cc(-c3ccccc3)ncn12. The lowest BCUT2D eigenvalue weighted by molar-refractivity contribution is 0.767. The van der Waals surface area contributed by atoms with Crippen molar-refractivity contribution in [2.75, 3.05) is 6.54 Å². The van der Waals surface area contributed by atoms with Crippen LogP contribution in [0.4, 0.5) is 0 Å². The highest BCUT2D eigenvalue weighted by molar-refractivity contribution is 5.62. The Bertz CT molecular complexity index is 675. The molecule has 0 atom stereocenters. The van der Waals surface area contributed by atoms with Gasteiger partial charge in [0.05, 0.1) is 5.69 Å². The highest BCUT2D eigenvalue weighted by Gasteiger charge is 2.07. The summed E-state index contributed by atoms with van der Waals surface area (Å²) in [6.07, 6.45) is 3.51. The number of hydrogen-bond acceptors (Lipinski definition) is 4. The van der Waals surface area contributed by atoms with E-state index in [4.69, 9.17) is 5.73 Å². The van der Waals surface area contributed by atoms with E-state index in [0.29, 0.717) is 6.54 Å². The van der Waals surface area contributed by atoms with Crippen molar-refractivity contribution in [2.24, 2.45) is 5.73 Å². The van der Waals surface area contributed by atoms with Crippen LogP contribution < -0.4 is 5.73 Å². The molecule has 0 saturated heterocycles. The lowest BCUT2D eigenvalue weighted by Gasteiger charge is -2.02. The molecule has 2 aromatic heterocycles. The molecule has 0 saturated carbocycles. The molecule has 19 heavy (non-hydrogen) atoms. The molecule has 0 aliphatic carbocycles. The first-order chi connectivity index (χ1) is 9.38. The molecule has 0 aliphatic heterocycles. The fourth-order valence-electron chi connectivity index (χ4n) is 2.04. The van der Waals surface area contributed by atoms with E-state index >= 15 is 0 Å². The Morgan fingerprint density at radius 2 is 1.95 bits per heavy atom. The van der Waals surface area contributed by atoms with Crippen molar-refractivity contribution in [3.63, 3.8) is 0 Å². The van der Waals surface area contributed by atoms with Gasteiger partial charge in [0.1, 0.15) is 12.2 Å². The van der Waals surface area contributed by atoms with E-state index in [9.17, 15) is 0 Å². The summed E-state index contributed by atoms with van der Waals surface area (Å²) in [5.41, 5.74) is 8.32. The van der Waals surface area contributed by atoms with Gasteiger partial charge in [-0.3, -0.25) is 4.40 Å². The summed E-state index contributed by atoms with van der Waals surface area (Å²) in [4.78, 5) is 4.47. The highest BCUT2D eigenvalue weighted by Crippen LogP contribution is 2.17. The zero-order valence-electron chi connectivity index (χ0n) is 10.5. The maximum Gasteiger partial charge on any atom is 0.164 e. The number of fused-ring (bicyclic) bond motifs is 1. The summed E-state index contributed by atoms with van der Waals surface area (Å²) < 4.78 is 1.92. The maximum atomic E-state index is 5.52. The van der Waals surface area contributed by atoms with Crippen LogP contribution in [0.15, 0.2) is 42.7 Å². The second-order valence-electron chi connectivity index (χ2n) is 4.38. The Labute approximate surface area is 111 Å². The van der Waals surface area contributed by atoms with Crippen molar-refractivity contribution in [1.29, 1.82) is 0 Å². The average molecular weight is 253 g/mol. The third-order valence-corrected chi connectivity index (χ3v) is 3.04. The minimum Gasteiger partial charge on any atom is -0.330 e. The molecule has 3 rings (SSSR count). The van der Waals surface area contributed by atoms with Gasteiger partial charge in [-0.25, -0.2) is 4.98 Å². The monoisotopic (exact) mass is 253 g/mol. The Kier molecular flexibility index (Phi) is 3.20. The summed E-state index contributed by atoms with van der Waals surface area (Å²) in [5, 5.41) is 8.37. The van der Waals surface area contributed by atoms with Crippen molar-refractivity contribution in [2.45, 2.75) is 12.8 Å². The smallest absolute Gasteiger partial charge is 0.164 e. The second-order valence-corrected chi connectivity index (χ2v) is 4.38.